The molecule has 0 unspecified atom stereocenters. The summed E-state index contributed by atoms with van der Waals surface area (Å²) in [6.45, 7) is 2.06. The molecular weight excluding hydrogens is 310 g/mol. The van der Waals surface area contributed by atoms with Crippen LogP contribution in [0.15, 0.2) is 52.4 Å². The maximum atomic E-state index is 5.35. The fraction of sp³-hybridized carbons (Fsp3) is 0.125. The lowest BCUT2D eigenvalue weighted by Gasteiger charge is -2.04. The van der Waals surface area contributed by atoms with E-state index in [1.807, 2.05) is 52.5 Å². The van der Waals surface area contributed by atoms with Gasteiger partial charge in [-0.15, -0.1) is 16.4 Å². The van der Waals surface area contributed by atoms with Crippen molar-refractivity contribution in [2.75, 3.05) is 0 Å². The zero-order chi connectivity index (χ0) is 15.6. The van der Waals surface area contributed by atoms with E-state index < -0.39 is 0 Å². The van der Waals surface area contributed by atoms with E-state index in [-0.39, 0.29) is 0 Å². The summed E-state index contributed by atoms with van der Waals surface area (Å²) in [5, 5.41) is 14.6. The second kappa shape index (κ2) is 5.77. The number of hydrogen-bond donors (Lipinski definition) is 0. The van der Waals surface area contributed by atoms with Gasteiger partial charge in [-0.3, -0.25) is 0 Å². The molecule has 6 nitrogen and oxygen atoms in total. The zero-order valence-corrected chi connectivity index (χ0v) is 13.2. The SMILES string of the molecule is CCc1c(-c2noc(-c3cccs3)n2)nnn1-c1ccccc1. The Kier molecular flexibility index (Phi) is 3.47. The van der Waals surface area contributed by atoms with Crippen LogP contribution in [-0.4, -0.2) is 25.1 Å². The lowest BCUT2D eigenvalue weighted by atomic mass is 10.2. The quantitative estimate of drug-likeness (QED) is 0.574. The van der Waals surface area contributed by atoms with Crippen molar-refractivity contribution in [3.05, 3.63) is 53.5 Å². The first kappa shape index (κ1) is 13.8. The zero-order valence-electron chi connectivity index (χ0n) is 12.4. The van der Waals surface area contributed by atoms with Gasteiger partial charge in [-0.25, -0.2) is 4.68 Å². The van der Waals surface area contributed by atoms with Gasteiger partial charge in [0.2, 0.25) is 5.82 Å². The second-order valence-electron chi connectivity index (χ2n) is 4.89. The average Bonchev–Trinajstić information content (AvgIpc) is 3.33. The van der Waals surface area contributed by atoms with Crippen LogP contribution in [0, 0.1) is 0 Å². The Morgan fingerprint density at radius 3 is 2.74 bits per heavy atom. The average molecular weight is 323 g/mol. The van der Waals surface area contributed by atoms with Crippen molar-refractivity contribution >= 4 is 11.3 Å². The van der Waals surface area contributed by atoms with E-state index in [2.05, 4.69) is 27.4 Å². The fourth-order valence-corrected chi connectivity index (χ4v) is 3.03. The molecule has 4 rings (SSSR count). The van der Waals surface area contributed by atoms with E-state index in [0.717, 1.165) is 22.7 Å². The van der Waals surface area contributed by atoms with Gasteiger partial charge >= 0.3 is 0 Å². The van der Waals surface area contributed by atoms with Crippen LogP contribution in [0.5, 0.6) is 0 Å². The summed E-state index contributed by atoms with van der Waals surface area (Å²) in [4.78, 5) is 5.40. The van der Waals surface area contributed by atoms with Crippen molar-refractivity contribution in [2.45, 2.75) is 13.3 Å². The van der Waals surface area contributed by atoms with Crippen LogP contribution in [0.3, 0.4) is 0 Å². The minimum absolute atomic E-state index is 0.465. The first-order valence-corrected chi connectivity index (χ1v) is 8.12. The Labute approximate surface area is 136 Å². The molecule has 0 spiro atoms. The highest BCUT2D eigenvalue weighted by molar-refractivity contribution is 7.13. The summed E-state index contributed by atoms with van der Waals surface area (Å²) in [6, 6.07) is 13.8. The Morgan fingerprint density at radius 1 is 1.13 bits per heavy atom. The topological polar surface area (TPSA) is 69.6 Å². The van der Waals surface area contributed by atoms with Gasteiger partial charge in [-0.1, -0.05) is 41.6 Å². The third-order valence-corrected chi connectivity index (χ3v) is 4.33. The fourth-order valence-electron chi connectivity index (χ4n) is 2.39. The third kappa shape index (κ3) is 2.44. The lowest BCUT2D eigenvalue weighted by molar-refractivity contribution is 0.433. The number of nitrogens with zero attached hydrogens (tertiary/aromatic N) is 5. The number of rotatable bonds is 4. The molecule has 0 radical (unpaired) electrons. The van der Waals surface area contributed by atoms with Crippen LogP contribution in [0.1, 0.15) is 12.6 Å². The summed E-state index contributed by atoms with van der Waals surface area (Å²) in [5.74, 6) is 0.971. The second-order valence-corrected chi connectivity index (χ2v) is 5.83. The first-order valence-electron chi connectivity index (χ1n) is 7.24. The minimum Gasteiger partial charge on any atom is -0.333 e. The van der Waals surface area contributed by atoms with E-state index >= 15 is 0 Å². The van der Waals surface area contributed by atoms with Crippen LogP contribution >= 0.6 is 11.3 Å². The van der Waals surface area contributed by atoms with Crippen molar-refractivity contribution in [3.8, 4) is 28.0 Å². The molecule has 0 N–H and O–H groups in total. The monoisotopic (exact) mass is 323 g/mol. The van der Waals surface area contributed by atoms with E-state index in [4.69, 9.17) is 4.52 Å². The molecule has 0 atom stereocenters. The van der Waals surface area contributed by atoms with Crippen LogP contribution in [0.25, 0.3) is 28.0 Å². The minimum atomic E-state index is 0.465. The molecular formula is C16H13N5OS. The Bertz CT molecular complexity index is 911. The van der Waals surface area contributed by atoms with Gasteiger partial charge in [-0.05, 0) is 30.0 Å². The van der Waals surface area contributed by atoms with E-state index in [1.54, 1.807) is 11.3 Å². The van der Waals surface area contributed by atoms with Gasteiger partial charge in [0, 0.05) is 0 Å². The van der Waals surface area contributed by atoms with E-state index in [1.165, 1.54) is 0 Å². The maximum absolute atomic E-state index is 5.35. The molecule has 0 bridgehead atoms. The van der Waals surface area contributed by atoms with E-state index in [0.29, 0.717) is 17.4 Å². The number of thiophene rings is 1. The predicted molar refractivity (Wildman–Crippen MR) is 87.3 cm³/mol. The van der Waals surface area contributed by atoms with Crippen molar-refractivity contribution in [1.82, 2.24) is 25.1 Å². The summed E-state index contributed by atoms with van der Waals surface area (Å²) >= 11 is 1.56. The summed E-state index contributed by atoms with van der Waals surface area (Å²) < 4.78 is 7.17. The Hall–Kier alpha value is -2.80. The summed E-state index contributed by atoms with van der Waals surface area (Å²) in [7, 11) is 0. The smallest absolute Gasteiger partial charge is 0.268 e. The molecule has 1 aromatic carbocycles. The van der Waals surface area contributed by atoms with Crippen molar-refractivity contribution in [1.29, 1.82) is 0 Å². The van der Waals surface area contributed by atoms with Crippen LogP contribution in [-0.2, 0) is 6.42 Å². The number of benzene rings is 1. The van der Waals surface area contributed by atoms with Crippen molar-refractivity contribution in [2.24, 2.45) is 0 Å². The molecule has 7 heteroatoms. The highest BCUT2D eigenvalue weighted by atomic mass is 32.1. The Morgan fingerprint density at radius 2 is 2.00 bits per heavy atom. The van der Waals surface area contributed by atoms with Crippen LogP contribution in [0.4, 0.5) is 0 Å². The largest absolute Gasteiger partial charge is 0.333 e. The molecule has 0 aliphatic rings. The van der Waals surface area contributed by atoms with Crippen molar-refractivity contribution in [3.63, 3.8) is 0 Å². The molecule has 23 heavy (non-hydrogen) atoms. The molecule has 4 aromatic rings. The summed E-state index contributed by atoms with van der Waals surface area (Å²) in [5.41, 5.74) is 2.57. The highest BCUT2D eigenvalue weighted by Gasteiger charge is 2.20. The predicted octanol–water partition coefficient (Wildman–Crippen LogP) is 3.61. The molecule has 0 amide bonds. The summed E-state index contributed by atoms with van der Waals surface area (Å²) in [6.07, 6.45) is 0.764. The molecule has 0 fully saturated rings. The molecule has 114 valence electrons. The number of hydrogen-bond acceptors (Lipinski definition) is 6. The van der Waals surface area contributed by atoms with Gasteiger partial charge in [0.05, 0.1) is 16.3 Å². The van der Waals surface area contributed by atoms with Crippen LogP contribution < -0.4 is 0 Å². The lowest BCUT2D eigenvalue weighted by Crippen LogP contribution is -2.01. The standard InChI is InChI=1S/C16H13N5OS/c1-2-12-14(18-20-21(12)11-7-4-3-5-8-11)15-17-16(22-19-15)13-9-6-10-23-13/h3-10H,2H2,1H3. The normalized spacial score (nSPS) is 11.0. The molecule has 0 saturated carbocycles. The van der Waals surface area contributed by atoms with Crippen molar-refractivity contribution < 1.29 is 4.52 Å². The van der Waals surface area contributed by atoms with Gasteiger partial charge in [-0.2, -0.15) is 4.98 Å². The maximum Gasteiger partial charge on any atom is 0.268 e. The third-order valence-electron chi connectivity index (χ3n) is 3.47. The molecule has 0 aliphatic heterocycles. The van der Waals surface area contributed by atoms with E-state index in [9.17, 15) is 0 Å². The van der Waals surface area contributed by atoms with Gasteiger partial charge in [0.1, 0.15) is 0 Å². The first-order chi connectivity index (χ1) is 11.4. The highest BCUT2D eigenvalue weighted by Crippen LogP contribution is 2.27. The molecule has 3 aromatic heterocycles. The van der Waals surface area contributed by atoms with Crippen LogP contribution in [0.2, 0.25) is 0 Å². The molecule has 3 heterocycles. The molecule has 0 aliphatic carbocycles. The number of aromatic nitrogens is 5. The van der Waals surface area contributed by atoms with Gasteiger partial charge in [0.15, 0.2) is 5.69 Å². The van der Waals surface area contributed by atoms with Gasteiger partial charge in [0.25, 0.3) is 5.89 Å². The molecule has 0 saturated heterocycles. The Balaban J connectivity index is 1.77. The number of para-hydroxylation sites is 1. The van der Waals surface area contributed by atoms with Gasteiger partial charge < -0.3 is 4.52 Å².